The van der Waals surface area contributed by atoms with E-state index in [1.165, 1.54) is 0 Å². The molecule has 0 aliphatic rings. The van der Waals surface area contributed by atoms with Crippen LogP contribution < -0.4 is 5.63 Å². The number of nitrogens with zero attached hydrogens (tertiary/aromatic N) is 1. The minimum atomic E-state index is -0.461. The first-order chi connectivity index (χ1) is 9.15. The van der Waals surface area contributed by atoms with Gasteiger partial charge < -0.3 is 4.42 Å². The Morgan fingerprint density at radius 1 is 1.05 bits per heavy atom. The van der Waals surface area contributed by atoms with Gasteiger partial charge in [-0.1, -0.05) is 35.3 Å². The first kappa shape index (κ1) is 12.2. The molecule has 0 aliphatic heterocycles. The summed E-state index contributed by atoms with van der Waals surface area (Å²) in [5.41, 5.74) is 0.596. The lowest BCUT2D eigenvalue weighted by molar-refractivity contribution is 0.518. The number of aromatic nitrogens is 1. The molecule has 0 bridgehead atoms. The van der Waals surface area contributed by atoms with E-state index in [0.717, 1.165) is 0 Å². The molecule has 0 spiro atoms. The Hall–Kier alpha value is -1.84. The Morgan fingerprint density at radius 2 is 1.84 bits per heavy atom. The van der Waals surface area contributed by atoms with Crippen molar-refractivity contribution in [2.24, 2.45) is 0 Å². The summed E-state index contributed by atoms with van der Waals surface area (Å²) < 4.78 is 5.20. The second-order valence-electron chi connectivity index (χ2n) is 3.95. The van der Waals surface area contributed by atoms with Gasteiger partial charge in [0.25, 0.3) is 0 Å². The zero-order chi connectivity index (χ0) is 13.4. The third kappa shape index (κ3) is 2.23. The second-order valence-corrected chi connectivity index (χ2v) is 4.79. The lowest BCUT2D eigenvalue weighted by atomic mass is 10.2. The molecule has 0 radical (unpaired) electrons. The summed E-state index contributed by atoms with van der Waals surface area (Å²) in [5, 5.41) is 1.37. The summed E-state index contributed by atoms with van der Waals surface area (Å²) in [4.78, 5) is 16.2. The maximum atomic E-state index is 11.9. The quantitative estimate of drug-likeness (QED) is 0.676. The van der Waals surface area contributed by atoms with Crippen molar-refractivity contribution in [3.05, 3.63) is 62.9 Å². The van der Waals surface area contributed by atoms with Crippen LogP contribution in [0.5, 0.6) is 0 Å². The van der Waals surface area contributed by atoms with Gasteiger partial charge in [0, 0.05) is 5.02 Å². The van der Waals surface area contributed by atoms with Gasteiger partial charge in [-0.05, 0) is 30.3 Å². The molecule has 19 heavy (non-hydrogen) atoms. The summed E-state index contributed by atoms with van der Waals surface area (Å²) in [6.07, 6.45) is 0. The predicted molar refractivity (Wildman–Crippen MR) is 75.7 cm³/mol. The predicted octanol–water partition coefficient (Wildman–Crippen LogP) is 4.16. The molecule has 0 N–H and O–H groups in total. The van der Waals surface area contributed by atoms with E-state index < -0.39 is 5.63 Å². The lowest BCUT2D eigenvalue weighted by Gasteiger charge is -2.03. The van der Waals surface area contributed by atoms with Crippen LogP contribution in [-0.4, -0.2) is 4.98 Å². The Labute approximate surface area is 118 Å². The number of hydrogen-bond acceptors (Lipinski definition) is 3. The summed E-state index contributed by atoms with van der Waals surface area (Å²) in [6, 6.07) is 11.9. The SMILES string of the molecule is O=c1oc(-c2ccccc2Cl)nc2cc(Cl)ccc12. The largest absolute Gasteiger partial charge is 0.403 e. The summed E-state index contributed by atoms with van der Waals surface area (Å²) in [5.74, 6) is 0.186. The molecule has 1 heterocycles. The topological polar surface area (TPSA) is 43.1 Å². The van der Waals surface area contributed by atoms with E-state index in [2.05, 4.69) is 4.98 Å². The average molecular weight is 292 g/mol. The zero-order valence-corrected chi connectivity index (χ0v) is 11.1. The maximum Gasteiger partial charge on any atom is 0.347 e. The van der Waals surface area contributed by atoms with E-state index in [1.54, 1.807) is 42.5 Å². The Balaban J connectivity index is 2.32. The van der Waals surface area contributed by atoms with Crippen molar-refractivity contribution >= 4 is 34.1 Å². The van der Waals surface area contributed by atoms with Crippen molar-refractivity contribution in [3.63, 3.8) is 0 Å². The number of hydrogen-bond donors (Lipinski definition) is 0. The Kier molecular flexibility index (Phi) is 3.01. The van der Waals surface area contributed by atoms with E-state index in [4.69, 9.17) is 27.6 Å². The van der Waals surface area contributed by atoms with Gasteiger partial charge in [-0.3, -0.25) is 0 Å². The van der Waals surface area contributed by atoms with Gasteiger partial charge >= 0.3 is 5.63 Å². The molecule has 2 aromatic carbocycles. The van der Waals surface area contributed by atoms with E-state index in [1.807, 2.05) is 0 Å². The number of fused-ring (bicyclic) bond motifs is 1. The van der Waals surface area contributed by atoms with Crippen molar-refractivity contribution < 1.29 is 4.42 Å². The van der Waals surface area contributed by atoms with Crippen LogP contribution in [0.3, 0.4) is 0 Å². The highest BCUT2D eigenvalue weighted by Gasteiger charge is 2.11. The third-order valence-electron chi connectivity index (χ3n) is 2.70. The molecule has 94 valence electrons. The van der Waals surface area contributed by atoms with Crippen molar-refractivity contribution in [2.45, 2.75) is 0 Å². The zero-order valence-electron chi connectivity index (χ0n) is 9.56. The first-order valence-electron chi connectivity index (χ1n) is 5.50. The average Bonchev–Trinajstić information content (AvgIpc) is 2.38. The molecule has 0 amide bonds. The van der Waals surface area contributed by atoms with Crippen LogP contribution in [0, 0.1) is 0 Å². The fourth-order valence-electron chi connectivity index (χ4n) is 1.79. The van der Waals surface area contributed by atoms with Crippen molar-refractivity contribution in [1.82, 2.24) is 4.98 Å². The van der Waals surface area contributed by atoms with Crippen LogP contribution in [0.1, 0.15) is 0 Å². The molecule has 0 saturated carbocycles. The fraction of sp³-hybridized carbons (Fsp3) is 0. The molecule has 3 aromatic rings. The molecule has 0 saturated heterocycles. The van der Waals surface area contributed by atoms with Gasteiger partial charge in [-0.25, -0.2) is 9.78 Å². The molecular weight excluding hydrogens is 285 g/mol. The summed E-state index contributed by atoms with van der Waals surface area (Å²) >= 11 is 12.0. The molecule has 0 atom stereocenters. The smallest absolute Gasteiger partial charge is 0.347 e. The lowest BCUT2D eigenvalue weighted by Crippen LogP contribution is -2.02. The van der Waals surface area contributed by atoms with Crippen LogP contribution in [-0.2, 0) is 0 Å². The van der Waals surface area contributed by atoms with Gasteiger partial charge in [0.05, 0.1) is 21.5 Å². The van der Waals surface area contributed by atoms with Crippen LogP contribution in [0.15, 0.2) is 51.7 Å². The van der Waals surface area contributed by atoms with Crippen LogP contribution >= 0.6 is 23.2 Å². The van der Waals surface area contributed by atoms with Gasteiger partial charge in [0.2, 0.25) is 5.89 Å². The molecule has 0 fully saturated rings. The second kappa shape index (κ2) is 4.68. The van der Waals surface area contributed by atoms with Gasteiger partial charge in [0.15, 0.2) is 0 Å². The minimum absolute atomic E-state index is 0.186. The molecular formula is C14H7Cl2NO2. The molecule has 0 aliphatic carbocycles. The Morgan fingerprint density at radius 3 is 2.63 bits per heavy atom. The highest BCUT2D eigenvalue weighted by Crippen LogP contribution is 2.26. The Bertz CT molecular complexity index is 827. The highest BCUT2D eigenvalue weighted by molar-refractivity contribution is 6.33. The summed E-state index contributed by atoms with van der Waals surface area (Å²) in [7, 11) is 0. The normalized spacial score (nSPS) is 10.8. The van der Waals surface area contributed by atoms with E-state index in [9.17, 15) is 4.79 Å². The van der Waals surface area contributed by atoms with Crippen molar-refractivity contribution in [3.8, 4) is 11.5 Å². The highest BCUT2D eigenvalue weighted by atomic mass is 35.5. The molecule has 3 nitrogen and oxygen atoms in total. The molecule has 1 aromatic heterocycles. The first-order valence-corrected chi connectivity index (χ1v) is 6.26. The van der Waals surface area contributed by atoms with E-state index in [-0.39, 0.29) is 5.89 Å². The molecule has 3 rings (SSSR count). The third-order valence-corrected chi connectivity index (χ3v) is 3.26. The number of rotatable bonds is 1. The fourth-order valence-corrected chi connectivity index (χ4v) is 2.18. The van der Waals surface area contributed by atoms with Crippen molar-refractivity contribution in [1.29, 1.82) is 0 Å². The number of benzene rings is 2. The number of halogens is 2. The van der Waals surface area contributed by atoms with Crippen LogP contribution in [0.4, 0.5) is 0 Å². The van der Waals surface area contributed by atoms with Gasteiger partial charge in [-0.15, -0.1) is 0 Å². The van der Waals surface area contributed by atoms with Gasteiger partial charge in [0.1, 0.15) is 0 Å². The summed E-state index contributed by atoms with van der Waals surface area (Å²) in [6.45, 7) is 0. The van der Waals surface area contributed by atoms with Crippen molar-refractivity contribution in [2.75, 3.05) is 0 Å². The van der Waals surface area contributed by atoms with E-state index in [0.29, 0.717) is 26.5 Å². The van der Waals surface area contributed by atoms with Gasteiger partial charge in [-0.2, -0.15) is 0 Å². The minimum Gasteiger partial charge on any atom is -0.403 e. The van der Waals surface area contributed by atoms with E-state index >= 15 is 0 Å². The maximum absolute atomic E-state index is 11.9. The molecule has 5 heteroatoms. The standard InChI is InChI=1S/C14H7Cl2NO2/c15-8-5-6-10-12(7-8)17-13(19-14(10)18)9-3-1-2-4-11(9)16/h1-7H. The monoisotopic (exact) mass is 291 g/mol. The molecule has 0 unspecified atom stereocenters. The van der Waals surface area contributed by atoms with Crippen LogP contribution in [0.2, 0.25) is 10.0 Å². The van der Waals surface area contributed by atoms with Crippen LogP contribution in [0.25, 0.3) is 22.4 Å².